The van der Waals surface area contributed by atoms with Gasteiger partial charge in [-0.1, -0.05) is 72.8 Å². The summed E-state index contributed by atoms with van der Waals surface area (Å²) in [4.78, 5) is 28.7. The molecule has 1 aliphatic heterocycles. The van der Waals surface area contributed by atoms with E-state index in [-0.39, 0.29) is 35.5 Å². The number of carbonyl (C=O) groups excluding carboxylic acids is 2. The number of hydrogen-bond acceptors (Lipinski definition) is 3. The van der Waals surface area contributed by atoms with E-state index < -0.39 is 0 Å². The number of imide groups is 1. The minimum absolute atomic E-state index is 0.0745. The van der Waals surface area contributed by atoms with Gasteiger partial charge in [0, 0.05) is 11.8 Å². The highest BCUT2D eigenvalue weighted by Crippen LogP contribution is 2.58. The number of carbonyl (C=O) groups is 2. The van der Waals surface area contributed by atoms with Crippen LogP contribution < -0.4 is 9.64 Å². The molecule has 1 saturated carbocycles. The van der Waals surface area contributed by atoms with Crippen LogP contribution in [-0.4, -0.2) is 18.4 Å². The minimum Gasteiger partial charge on any atom is -0.494 e. The van der Waals surface area contributed by atoms with Gasteiger partial charge in [0.1, 0.15) is 5.75 Å². The predicted octanol–water partition coefficient (Wildman–Crippen LogP) is 5.51. The van der Waals surface area contributed by atoms with Crippen molar-refractivity contribution in [3.63, 3.8) is 0 Å². The zero-order valence-corrected chi connectivity index (χ0v) is 18.9. The highest BCUT2D eigenvalue weighted by molar-refractivity contribution is 6.23. The molecule has 0 aromatic heterocycles. The lowest BCUT2D eigenvalue weighted by atomic mass is 9.85. The Morgan fingerprint density at radius 1 is 0.735 bits per heavy atom. The first kappa shape index (κ1) is 20.7. The van der Waals surface area contributed by atoms with Crippen molar-refractivity contribution in [3.05, 3.63) is 114 Å². The summed E-state index contributed by atoms with van der Waals surface area (Å²) in [7, 11) is 0. The number of amides is 2. The Bertz CT molecular complexity index is 1230. The standard InChI is InChI=1S/C30H25NO3/c1-2-34-22-15-13-21(14-16-22)31-29(32)27-23-17-18-24(28(27)30(31)33)26(23)25(19-9-5-3-6-10-19)20-11-7-4-8-12-20/h3-18,23-24,27-28H,2H2,1H3/t23-,24-,27-,28-/m0/s1. The van der Waals surface area contributed by atoms with Gasteiger partial charge in [-0.3, -0.25) is 9.59 Å². The second-order valence-corrected chi connectivity index (χ2v) is 8.99. The van der Waals surface area contributed by atoms with Gasteiger partial charge in [-0.05, 0) is 53.5 Å². The maximum atomic E-state index is 13.7. The summed E-state index contributed by atoms with van der Waals surface area (Å²) in [6.07, 6.45) is 4.28. The molecule has 4 nitrogen and oxygen atoms in total. The number of rotatable bonds is 5. The molecule has 1 saturated heterocycles. The molecule has 2 amide bonds. The fourth-order valence-electron chi connectivity index (χ4n) is 5.92. The second kappa shape index (κ2) is 8.14. The van der Waals surface area contributed by atoms with Crippen LogP contribution in [0, 0.1) is 23.7 Å². The van der Waals surface area contributed by atoms with Crippen molar-refractivity contribution in [1.29, 1.82) is 0 Å². The van der Waals surface area contributed by atoms with Gasteiger partial charge in [-0.2, -0.15) is 0 Å². The third kappa shape index (κ3) is 3.06. The van der Waals surface area contributed by atoms with Crippen LogP contribution in [0.25, 0.3) is 5.57 Å². The molecular formula is C30H25NO3. The average Bonchev–Trinajstić information content (AvgIpc) is 3.51. The molecule has 1 heterocycles. The molecule has 4 heteroatoms. The lowest BCUT2D eigenvalue weighted by Crippen LogP contribution is -2.33. The molecule has 0 radical (unpaired) electrons. The number of fused-ring (bicyclic) bond motifs is 5. The van der Waals surface area contributed by atoms with Crippen molar-refractivity contribution in [3.8, 4) is 5.75 Å². The van der Waals surface area contributed by atoms with Crippen LogP contribution in [0.3, 0.4) is 0 Å². The summed E-state index contributed by atoms with van der Waals surface area (Å²) in [5.74, 6) is -0.335. The van der Waals surface area contributed by atoms with E-state index in [0.717, 1.165) is 22.4 Å². The highest BCUT2D eigenvalue weighted by Gasteiger charge is 2.62. The number of allylic oxidation sites excluding steroid dienone is 3. The summed E-state index contributed by atoms with van der Waals surface area (Å²) in [6, 6.07) is 27.8. The Labute approximate surface area is 199 Å². The molecule has 6 rings (SSSR count). The van der Waals surface area contributed by atoms with Crippen LogP contribution in [0.4, 0.5) is 5.69 Å². The van der Waals surface area contributed by atoms with Crippen molar-refractivity contribution >= 4 is 23.1 Å². The van der Waals surface area contributed by atoms with Gasteiger partial charge in [0.2, 0.25) is 11.8 Å². The Morgan fingerprint density at radius 3 is 1.71 bits per heavy atom. The fraction of sp³-hybridized carbons (Fsp3) is 0.200. The van der Waals surface area contributed by atoms with Crippen LogP contribution >= 0.6 is 0 Å². The maximum Gasteiger partial charge on any atom is 0.238 e. The zero-order chi connectivity index (χ0) is 23.2. The molecule has 0 spiro atoms. The lowest BCUT2D eigenvalue weighted by molar-refractivity contribution is -0.122. The number of hydrogen-bond donors (Lipinski definition) is 0. The molecule has 168 valence electrons. The van der Waals surface area contributed by atoms with Gasteiger partial charge < -0.3 is 4.74 Å². The lowest BCUT2D eigenvalue weighted by Gasteiger charge is -2.21. The first-order chi connectivity index (χ1) is 16.7. The fourth-order valence-corrected chi connectivity index (χ4v) is 5.92. The molecule has 34 heavy (non-hydrogen) atoms. The van der Waals surface area contributed by atoms with Crippen LogP contribution in [0.1, 0.15) is 18.1 Å². The van der Waals surface area contributed by atoms with E-state index in [4.69, 9.17) is 4.74 Å². The number of benzene rings is 3. The molecule has 2 fully saturated rings. The highest BCUT2D eigenvalue weighted by atomic mass is 16.5. The average molecular weight is 448 g/mol. The van der Waals surface area contributed by atoms with E-state index >= 15 is 0 Å². The smallest absolute Gasteiger partial charge is 0.238 e. The Morgan fingerprint density at radius 2 is 1.24 bits per heavy atom. The largest absolute Gasteiger partial charge is 0.494 e. The van der Waals surface area contributed by atoms with Crippen molar-refractivity contribution in [2.24, 2.45) is 23.7 Å². The summed E-state index contributed by atoms with van der Waals surface area (Å²) in [5, 5.41) is 0. The van der Waals surface area contributed by atoms with Gasteiger partial charge in [-0.15, -0.1) is 0 Å². The Hall–Kier alpha value is -3.92. The van der Waals surface area contributed by atoms with Crippen LogP contribution in [0.5, 0.6) is 5.75 Å². The van der Waals surface area contributed by atoms with Gasteiger partial charge >= 0.3 is 0 Å². The number of anilines is 1. The van der Waals surface area contributed by atoms with Gasteiger partial charge in [0.25, 0.3) is 0 Å². The number of ether oxygens (including phenoxy) is 1. The topological polar surface area (TPSA) is 46.6 Å². The van der Waals surface area contributed by atoms with Gasteiger partial charge in [-0.25, -0.2) is 4.90 Å². The van der Waals surface area contributed by atoms with Crippen LogP contribution in [-0.2, 0) is 9.59 Å². The van der Waals surface area contributed by atoms with Crippen molar-refractivity contribution < 1.29 is 14.3 Å². The summed E-state index contributed by atoms with van der Waals surface area (Å²) in [5.41, 5.74) is 5.18. The molecule has 0 N–H and O–H groups in total. The van der Waals surface area contributed by atoms with E-state index in [2.05, 4.69) is 36.4 Å². The van der Waals surface area contributed by atoms with E-state index in [1.165, 1.54) is 10.5 Å². The molecule has 4 atom stereocenters. The SMILES string of the molecule is CCOc1ccc(N2C(=O)[C@@H]3[C@@H](C2=O)[C@H]2C=C[C@H]3C2=C(c2ccccc2)c2ccccc2)cc1. The number of nitrogens with zero attached hydrogens (tertiary/aromatic N) is 1. The minimum atomic E-state index is -0.355. The first-order valence-electron chi connectivity index (χ1n) is 11.8. The van der Waals surface area contributed by atoms with Crippen LogP contribution in [0.15, 0.2) is 103 Å². The normalized spacial score (nSPS) is 24.6. The molecule has 3 aliphatic rings. The molecule has 2 aliphatic carbocycles. The van der Waals surface area contributed by atoms with E-state index in [9.17, 15) is 9.59 Å². The summed E-state index contributed by atoms with van der Waals surface area (Å²) in [6.45, 7) is 2.50. The third-order valence-electron chi connectivity index (χ3n) is 7.24. The molecule has 3 aromatic rings. The van der Waals surface area contributed by atoms with Crippen LogP contribution in [0.2, 0.25) is 0 Å². The quantitative estimate of drug-likeness (QED) is 0.383. The molecule has 3 aromatic carbocycles. The van der Waals surface area contributed by atoms with E-state index in [0.29, 0.717) is 12.3 Å². The first-order valence-corrected chi connectivity index (χ1v) is 11.8. The second-order valence-electron chi connectivity index (χ2n) is 8.99. The third-order valence-corrected chi connectivity index (χ3v) is 7.24. The van der Waals surface area contributed by atoms with Crippen molar-refractivity contribution in [1.82, 2.24) is 0 Å². The molecular weight excluding hydrogens is 422 g/mol. The molecule has 2 bridgehead atoms. The maximum absolute atomic E-state index is 13.7. The monoisotopic (exact) mass is 447 g/mol. The Balaban J connectivity index is 1.42. The van der Waals surface area contributed by atoms with Gasteiger partial charge in [0.15, 0.2) is 0 Å². The van der Waals surface area contributed by atoms with E-state index in [1.807, 2.05) is 55.5 Å². The van der Waals surface area contributed by atoms with Crippen molar-refractivity contribution in [2.75, 3.05) is 11.5 Å². The Kier molecular flexibility index (Phi) is 4.95. The predicted molar refractivity (Wildman–Crippen MR) is 132 cm³/mol. The summed E-state index contributed by atoms with van der Waals surface area (Å²) < 4.78 is 5.52. The molecule has 0 unspecified atom stereocenters. The summed E-state index contributed by atoms with van der Waals surface area (Å²) >= 11 is 0. The van der Waals surface area contributed by atoms with E-state index in [1.54, 1.807) is 12.1 Å². The zero-order valence-electron chi connectivity index (χ0n) is 18.9. The van der Waals surface area contributed by atoms with Crippen molar-refractivity contribution in [2.45, 2.75) is 6.92 Å². The van der Waals surface area contributed by atoms with Gasteiger partial charge in [0.05, 0.1) is 24.1 Å².